The average Bonchev–Trinajstić information content (AvgIpc) is 2.45. The molecule has 1 aliphatic heterocycles. The number of carbonyl (C=O) groups excluding carboxylic acids is 2. The summed E-state index contributed by atoms with van der Waals surface area (Å²) in [5, 5.41) is 5.42. The van der Waals surface area contributed by atoms with E-state index in [0.717, 1.165) is 5.57 Å². The van der Waals surface area contributed by atoms with Gasteiger partial charge in [0.05, 0.1) is 18.9 Å². The topological polar surface area (TPSA) is 76.7 Å². The minimum Gasteiger partial charge on any atom is -0.482 e. The van der Waals surface area contributed by atoms with E-state index < -0.39 is 0 Å². The van der Waals surface area contributed by atoms with E-state index in [1.54, 1.807) is 18.2 Å². The predicted molar refractivity (Wildman–Crippen MR) is 78.5 cm³/mol. The molecule has 0 aromatic heterocycles. The van der Waals surface area contributed by atoms with Gasteiger partial charge in [-0.1, -0.05) is 12.2 Å². The second-order valence-electron chi connectivity index (χ2n) is 4.81. The fourth-order valence-electron chi connectivity index (χ4n) is 1.80. The maximum absolute atomic E-state index is 12.0. The van der Waals surface area contributed by atoms with E-state index in [9.17, 15) is 9.59 Å². The molecule has 1 aliphatic rings. The second kappa shape index (κ2) is 6.90. The zero-order chi connectivity index (χ0) is 15.2. The van der Waals surface area contributed by atoms with Crippen LogP contribution in [0.25, 0.3) is 0 Å². The van der Waals surface area contributed by atoms with E-state index in [-0.39, 0.29) is 18.4 Å². The fraction of sp³-hybridized carbons (Fsp3) is 0.333. The smallest absolute Gasteiger partial charge is 0.262 e. The molecule has 0 saturated carbocycles. The van der Waals surface area contributed by atoms with Crippen molar-refractivity contribution >= 4 is 17.5 Å². The first-order chi connectivity index (χ1) is 10.1. The van der Waals surface area contributed by atoms with Crippen molar-refractivity contribution in [2.75, 3.05) is 31.7 Å². The van der Waals surface area contributed by atoms with Crippen molar-refractivity contribution in [1.29, 1.82) is 0 Å². The Morgan fingerprint density at radius 1 is 1.52 bits per heavy atom. The molecule has 0 fully saturated rings. The third kappa shape index (κ3) is 4.32. The number of fused-ring (bicyclic) bond motifs is 1. The zero-order valence-corrected chi connectivity index (χ0v) is 11.9. The van der Waals surface area contributed by atoms with Crippen molar-refractivity contribution in [3.05, 3.63) is 35.9 Å². The first kappa shape index (κ1) is 15.1. The summed E-state index contributed by atoms with van der Waals surface area (Å²) in [5.74, 6) is 0.0902. The average molecular weight is 290 g/mol. The number of benzene rings is 1. The van der Waals surface area contributed by atoms with Crippen LogP contribution < -0.4 is 15.4 Å². The quantitative estimate of drug-likeness (QED) is 0.612. The Balaban J connectivity index is 1.85. The molecule has 21 heavy (non-hydrogen) atoms. The molecule has 1 heterocycles. The molecule has 1 aromatic rings. The Morgan fingerprint density at radius 2 is 2.33 bits per heavy atom. The molecular formula is C15H18N2O4. The van der Waals surface area contributed by atoms with Crippen LogP contribution in [0.2, 0.25) is 0 Å². The number of ether oxygens (including phenoxy) is 2. The van der Waals surface area contributed by atoms with Crippen molar-refractivity contribution < 1.29 is 19.1 Å². The second-order valence-corrected chi connectivity index (χ2v) is 4.81. The molecule has 0 unspecified atom stereocenters. The summed E-state index contributed by atoms with van der Waals surface area (Å²) in [6, 6.07) is 4.90. The molecule has 112 valence electrons. The van der Waals surface area contributed by atoms with Crippen LogP contribution in [0.4, 0.5) is 5.69 Å². The Labute approximate surface area is 123 Å². The van der Waals surface area contributed by atoms with Gasteiger partial charge in [0.1, 0.15) is 5.75 Å². The van der Waals surface area contributed by atoms with Gasteiger partial charge in [-0.2, -0.15) is 0 Å². The molecule has 0 spiro atoms. The third-order valence-corrected chi connectivity index (χ3v) is 2.76. The number of carbonyl (C=O) groups is 2. The molecule has 0 bridgehead atoms. The third-order valence-electron chi connectivity index (χ3n) is 2.76. The van der Waals surface area contributed by atoms with Gasteiger partial charge in [0.15, 0.2) is 6.61 Å². The lowest BCUT2D eigenvalue weighted by molar-refractivity contribution is -0.118. The lowest BCUT2D eigenvalue weighted by Gasteiger charge is -2.18. The van der Waals surface area contributed by atoms with Crippen LogP contribution in [-0.2, 0) is 9.53 Å². The van der Waals surface area contributed by atoms with Crippen molar-refractivity contribution in [2.45, 2.75) is 6.92 Å². The Morgan fingerprint density at radius 3 is 3.10 bits per heavy atom. The first-order valence-corrected chi connectivity index (χ1v) is 6.63. The molecule has 0 aliphatic carbocycles. The maximum atomic E-state index is 12.0. The summed E-state index contributed by atoms with van der Waals surface area (Å²) in [4.78, 5) is 23.1. The highest BCUT2D eigenvalue weighted by Crippen LogP contribution is 2.28. The summed E-state index contributed by atoms with van der Waals surface area (Å²) in [5.41, 5.74) is 1.99. The highest BCUT2D eigenvalue weighted by atomic mass is 16.5. The van der Waals surface area contributed by atoms with Gasteiger partial charge in [-0.05, 0) is 25.1 Å². The molecule has 0 radical (unpaired) electrons. The lowest BCUT2D eigenvalue weighted by atomic mass is 10.1. The van der Waals surface area contributed by atoms with Crippen LogP contribution in [-0.4, -0.2) is 38.2 Å². The van der Waals surface area contributed by atoms with E-state index >= 15 is 0 Å². The number of anilines is 1. The zero-order valence-electron chi connectivity index (χ0n) is 11.9. The van der Waals surface area contributed by atoms with Crippen molar-refractivity contribution in [1.82, 2.24) is 5.32 Å². The predicted octanol–water partition coefficient (Wildman–Crippen LogP) is 1.34. The molecule has 6 nitrogen and oxygen atoms in total. The van der Waals surface area contributed by atoms with Crippen LogP contribution in [0, 0.1) is 0 Å². The molecular weight excluding hydrogens is 272 g/mol. The van der Waals surface area contributed by atoms with E-state index in [1.165, 1.54) is 0 Å². The summed E-state index contributed by atoms with van der Waals surface area (Å²) >= 11 is 0. The number of nitrogens with one attached hydrogen (secondary N) is 2. The molecule has 6 heteroatoms. The highest BCUT2D eigenvalue weighted by Gasteiger charge is 2.17. The summed E-state index contributed by atoms with van der Waals surface area (Å²) in [6.45, 7) is 6.90. The van der Waals surface area contributed by atoms with E-state index in [1.807, 2.05) is 6.92 Å². The standard InChI is InChI=1S/C15H18N2O4/c1-10(2)8-20-6-5-16-15(19)11-3-4-12-13(7-11)21-9-14(18)17-12/h3-4,7H,1,5-6,8-9H2,2H3,(H,16,19)(H,17,18). The van der Waals surface area contributed by atoms with Gasteiger partial charge in [0.25, 0.3) is 11.8 Å². The Hall–Kier alpha value is -2.34. The number of hydrogen-bond acceptors (Lipinski definition) is 4. The van der Waals surface area contributed by atoms with Crippen molar-refractivity contribution in [3.8, 4) is 5.75 Å². The minimum absolute atomic E-state index is 0.0349. The van der Waals surface area contributed by atoms with Crippen LogP contribution in [0.5, 0.6) is 5.75 Å². The largest absolute Gasteiger partial charge is 0.482 e. The number of hydrogen-bond donors (Lipinski definition) is 2. The number of amides is 2. The Bertz CT molecular complexity index is 569. The SMILES string of the molecule is C=C(C)COCCNC(=O)c1ccc2c(c1)OCC(=O)N2. The van der Waals surface area contributed by atoms with Crippen LogP contribution in [0.1, 0.15) is 17.3 Å². The molecule has 2 rings (SSSR count). The van der Waals surface area contributed by atoms with Gasteiger partial charge in [0, 0.05) is 12.1 Å². The van der Waals surface area contributed by atoms with Crippen LogP contribution in [0.3, 0.4) is 0 Å². The summed E-state index contributed by atoms with van der Waals surface area (Å²) in [7, 11) is 0. The molecule has 2 amide bonds. The van der Waals surface area contributed by atoms with E-state index in [0.29, 0.717) is 36.8 Å². The molecule has 0 atom stereocenters. The maximum Gasteiger partial charge on any atom is 0.262 e. The van der Waals surface area contributed by atoms with Gasteiger partial charge in [-0.3, -0.25) is 9.59 Å². The van der Waals surface area contributed by atoms with Crippen molar-refractivity contribution in [2.24, 2.45) is 0 Å². The summed E-state index contributed by atoms with van der Waals surface area (Å²) in [6.07, 6.45) is 0. The fourth-order valence-corrected chi connectivity index (χ4v) is 1.80. The van der Waals surface area contributed by atoms with E-state index in [2.05, 4.69) is 17.2 Å². The monoisotopic (exact) mass is 290 g/mol. The van der Waals surface area contributed by atoms with Crippen LogP contribution >= 0.6 is 0 Å². The molecule has 1 aromatic carbocycles. The van der Waals surface area contributed by atoms with E-state index in [4.69, 9.17) is 9.47 Å². The minimum atomic E-state index is -0.211. The highest BCUT2D eigenvalue weighted by molar-refractivity contribution is 5.98. The van der Waals surface area contributed by atoms with Crippen molar-refractivity contribution in [3.63, 3.8) is 0 Å². The van der Waals surface area contributed by atoms with Crippen LogP contribution in [0.15, 0.2) is 30.4 Å². The lowest BCUT2D eigenvalue weighted by Crippen LogP contribution is -2.28. The normalized spacial score (nSPS) is 12.9. The molecule has 0 saturated heterocycles. The molecule has 2 N–H and O–H groups in total. The Kier molecular flexibility index (Phi) is 4.94. The number of rotatable bonds is 6. The van der Waals surface area contributed by atoms with Gasteiger partial charge in [-0.15, -0.1) is 0 Å². The first-order valence-electron chi connectivity index (χ1n) is 6.63. The van der Waals surface area contributed by atoms with Gasteiger partial charge >= 0.3 is 0 Å². The van der Waals surface area contributed by atoms with Gasteiger partial charge in [0.2, 0.25) is 0 Å². The summed E-state index contributed by atoms with van der Waals surface area (Å²) < 4.78 is 10.6. The van der Waals surface area contributed by atoms with Gasteiger partial charge < -0.3 is 20.1 Å². The van der Waals surface area contributed by atoms with Gasteiger partial charge in [-0.25, -0.2) is 0 Å².